The predicted octanol–water partition coefficient (Wildman–Crippen LogP) is 2.81. The minimum atomic E-state index is -3.48. The molecule has 0 saturated heterocycles. The van der Waals surface area contributed by atoms with Crippen molar-refractivity contribution in [3.05, 3.63) is 29.3 Å². The van der Waals surface area contributed by atoms with Gasteiger partial charge in [0.2, 0.25) is 10.0 Å². The van der Waals surface area contributed by atoms with Crippen molar-refractivity contribution in [2.75, 3.05) is 12.9 Å². The second-order valence-corrected chi connectivity index (χ2v) is 7.94. The molecule has 19 heavy (non-hydrogen) atoms. The highest BCUT2D eigenvalue weighted by molar-refractivity contribution is 7.89. The van der Waals surface area contributed by atoms with E-state index in [1.807, 2.05) is 26.0 Å². The normalized spacial score (nSPS) is 15.8. The Bertz CT molecular complexity index is 581. The number of halogens is 1. The van der Waals surface area contributed by atoms with E-state index in [2.05, 4.69) is 0 Å². The van der Waals surface area contributed by atoms with E-state index in [-0.39, 0.29) is 5.88 Å². The number of alkyl halides is 1. The summed E-state index contributed by atoms with van der Waals surface area (Å²) in [6, 6.07) is 5.47. The lowest BCUT2D eigenvalue weighted by molar-refractivity contribution is 0.296. The van der Waals surface area contributed by atoms with Gasteiger partial charge in [-0.3, -0.25) is 0 Å². The van der Waals surface area contributed by atoms with Crippen molar-refractivity contribution in [2.45, 2.75) is 43.5 Å². The van der Waals surface area contributed by atoms with Gasteiger partial charge in [0.1, 0.15) is 0 Å². The molecule has 0 unspecified atom stereocenters. The Balaban J connectivity index is 2.40. The molecular formula is C14H20ClNO2S. The van der Waals surface area contributed by atoms with E-state index in [0.29, 0.717) is 4.90 Å². The third-order valence-electron chi connectivity index (χ3n) is 3.91. The van der Waals surface area contributed by atoms with Crippen molar-refractivity contribution < 1.29 is 8.42 Å². The van der Waals surface area contributed by atoms with Crippen LogP contribution in [0.15, 0.2) is 23.1 Å². The molecule has 1 aliphatic carbocycles. The van der Waals surface area contributed by atoms with Gasteiger partial charge < -0.3 is 0 Å². The molecule has 2 rings (SSSR count). The highest BCUT2D eigenvalue weighted by Crippen LogP contribution is 2.28. The summed E-state index contributed by atoms with van der Waals surface area (Å²) in [5.74, 6) is 0.258. The maximum absolute atomic E-state index is 12.6. The summed E-state index contributed by atoms with van der Waals surface area (Å²) in [6.45, 7) is 3.65. The third kappa shape index (κ3) is 2.67. The minimum absolute atomic E-state index is 0.258. The quantitative estimate of drug-likeness (QED) is 0.802. The lowest BCUT2D eigenvalue weighted by Crippen LogP contribution is -2.46. The molecule has 3 nitrogen and oxygen atoms in total. The predicted molar refractivity (Wildman–Crippen MR) is 78.2 cm³/mol. The zero-order chi connectivity index (χ0) is 14.3. The van der Waals surface area contributed by atoms with Crippen LogP contribution in [0.2, 0.25) is 0 Å². The van der Waals surface area contributed by atoms with Gasteiger partial charge in [-0.1, -0.05) is 6.07 Å². The molecule has 0 saturated carbocycles. The first-order valence-electron chi connectivity index (χ1n) is 6.46. The number of nitrogens with zero attached hydrogens (tertiary/aromatic N) is 1. The van der Waals surface area contributed by atoms with Gasteiger partial charge in [0.25, 0.3) is 0 Å². The van der Waals surface area contributed by atoms with Gasteiger partial charge in [-0.05, 0) is 56.4 Å². The fraction of sp³-hybridized carbons (Fsp3) is 0.571. The maximum atomic E-state index is 12.6. The first kappa shape index (κ1) is 14.8. The summed E-state index contributed by atoms with van der Waals surface area (Å²) >= 11 is 5.87. The van der Waals surface area contributed by atoms with Crippen molar-refractivity contribution in [3.63, 3.8) is 0 Å². The molecule has 106 valence electrons. The second kappa shape index (κ2) is 5.08. The van der Waals surface area contributed by atoms with Gasteiger partial charge in [-0.2, -0.15) is 4.31 Å². The number of benzene rings is 1. The maximum Gasteiger partial charge on any atom is 0.243 e. The van der Waals surface area contributed by atoms with Crippen molar-refractivity contribution in [1.82, 2.24) is 4.31 Å². The van der Waals surface area contributed by atoms with Crippen LogP contribution in [0, 0.1) is 0 Å². The Morgan fingerprint density at radius 2 is 1.89 bits per heavy atom. The summed E-state index contributed by atoms with van der Waals surface area (Å²) in [7, 11) is -1.89. The van der Waals surface area contributed by atoms with Crippen molar-refractivity contribution in [3.8, 4) is 0 Å². The summed E-state index contributed by atoms with van der Waals surface area (Å²) < 4.78 is 26.6. The molecule has 0 spiro atoms. The van der Waals surface area contributed by atoms with Crippen LogP contribution in [-0.4, -0.2) is 31.2 Å². The number of fused-ring (bicyclic) bond motifs is 1. The van der Waals surface area contributed by atoms with Crippen LogP contribution in [0.1, 0.15) is 31.4 Å². The monoisotopic (exact) mass is 301 g/mol. The molecule has 1 aliphatic rings. The second-order valence-electron chi connectivity index (χ2n) is 5.70. The van der Waals surface area contributed by atoms with Gasteiger partial charge in [0, 0.05) is 18.5 Å². The molecule has 5 heteroatoms. The van der Waals surface area contributed by atoms with Gasteiger partial charge in [-0.15, -0.1) is 11.6 Å². The number of hydrogen-bond donors (Lipinski definition) is 0. The summed E-state index contributed by atoms with van der Waals surface area (Å²) in [5, 5.41) is 0. The third-order valence-corrected chi connectivity index (χ3v) is 6.63. The number of rotatable bonds is 4. The Morgan fingerprint density at radius 1 is 1.26 bits per heavy atom. The largest absolute Gasteiger partial charge is 0.243 e. The van der Waals surface area contributed by atoms with Crippen LogP contribution in [0.25, 0.3) is 0 Å². The van der Waals surface area contributed by atoms with Crippen LogP contribution in [0.3, 0.4) is 0 Å². The van der Waals surface area contributed by atoms with Crippen LogP contribution >= 0.6 is 11.6 Å². The average molecular weight is 302 g/mol. The molecule has 0 atom stereocenters. The van der Waals surface area contributed by atoms with Crippen LogP contribution in [0.4, 0.5) is 0 Å². The summed E-state index contributed by atoms with van der Waals surface area (Å²) in [4.78, 5) is 0.369. The lowest BCUT2D eigenvalue weighted by atomic mass is 10.1. The van der Waals surface area contributed by atoms with Crippen molar-refractivity contribution in [1.29, 1.82) is 0 Å². The number of aryl methyl sites for hydroxylation is 2. The SMILES string of the molecule is CN(C(C)(C)CCl)S(=O)(=O)c1ccc2c(c1)CCC2. The molecule has 1 aromatic carbocycles. The van der Waals surface area contributed by atoms with Gasteiger partial charge in [-0.25, -0.2) is 8.42 Å². The molecule has 0 aliphatic heterocycles. The van der Waals surface area contributed by atoms with Gasteiger partial charge >= 0.3 is 0 Å². The van der Waals surface area contributed by atoms with E-state index >= 15 is 0 Å². The molecular weight excluding hydrogens is 282 g/mol. The minimum Gasteiger partial charge on any atom is -0.207 e. The lowest BCUT2D eigenvalue weighted by Gasteiger charge is -2.32. The molecule has 0 heterocycles. The van der Waals surface area contributed by atoms with Crippen LogP contribution in [0.5, 0.6) is 0 Å². The molecule has 0 bridgehead atoms. The van der Waals surface area contributed by atoms with E-state index in [1.165, 1.54) is 9.87 Å². The Labute approximate surface area is 120 Å². The Hall–Kier alpha value is -0.580. The summed E-state index contributed by atoms with van der Waals surface area (Å²) in [6.07, 6.45) is 3.14. The number of sulfonamides is 1. The Kier molecular flexibility index (Phi) is 3.96. The molecule has 0 aromatic heterocycles. The Morgan fingerprint density at radius 3 is 2.53 bits per heavy atom. The van der Waals surface area contributed by atoms with E-state index in [1.54, 1.807) is 13.1 Å². The molecule has 0 amide bonds. The zero-order valence-electron chi connectivity index (χ0n) is 11.6. The fourth-order valence-corrected chi connectivity index (χ4v) is 4.09. The highest BCUT2D eigenvalue weighted by atomic mass is 35.5. The first-order valence-corrected chi connectivity index (χ1v) is 8.43. The topological polar surface area (TPSA) is 37.4 Å². The van der Waals surface area contributed by atoms with E-state index < -0.39 is 15.6 Å². The molecule has 0 radical (unpaired) electrons. The van der Waals surface area contributed by atoms with E-state index in [9.17, 15) is 8.42 Å². The van der Waals surface area contributed by atoms with Crippen molar-refractivity contribution >= 4 is 21.6 Å². The van der Waals surface area contributed by atoms with E-state index in [4.69, 9.17) is 11.6 Å². The van der Waals surface area contributed by atoms with Crippen molar-refractivity contribution in [2.24, 2.45) is 0 Å². The molecule has 0 N–H and O–H groups in total. The van der Waals surface area contributed by atoms with E-state index in [0.717, 1.165) is 24.8 Å². The molecule has 0 fully saturated rings. The summed E-state index contributed by atoms with van der Waals surface area (Å²) in [5.41, 5.74) is 1.84. The average Bonchev–Trinajstić information content (AvgIpc) is 2.84. The van der Waals surface area contributed by atoms with Crippen LogP contribution < -0.4 is 0 Å². The molecule has 1 aromatic rings. The fourth-order valence-electron chi connectivity index (χ4n) is 2.28. The zero-order valence-corrected chi connectivity index (χ0v) is 13.2. The first-order chi connectivity index (χ1) is 8.79. The van der Waals surface area contributed by atoms with Crippen LogP contribution in [-0.2, 0) is 22.9 Å². The highest BCUT2D eigenvalue weighted by Gasteiger charge is 2.33. The standard InChI is InChI=1S/C14H20ClNO2S/c1-14(2,10-15)16(3)19(17,18)13-8-7-11-5-4-6-12(11)9-13/h7-9H,4-6,10H2,1-3H3. The van der Waals surface area contributed by atoms with Gasteiger partial charge in [0.15, 0.2) is 0 Å². The smallest absolute Gasteiger partial charge is 0.207 e. The van der Waals surface area contributed by atoms with Gasteiger partial charge in [0.05, 0.1) is 4.90 Å². The number of hydrogen-bond acceptors (Lipinski definition) is 2.